The molecule has 1 aliphatic rings. The van der Waals surface area contributed by atoms with Crippen molar-refractivity contribution in [3.8, 4) is 0 Å². The Hall–Kier alpha value is -0.0800. The van der Waals surface area contributed by atoms with Crippen LogP contribution in [-0.4, -0.2) is 30.6 Å². The lowest BCUT2D eigenvalue weighted by Gasteiger charge is -2.30. The maximum atomic E-state index is 6.09. The molecular formula is C14H30N2. The van der Waals surface area contributed by atoms with Gasteiger partial charge in [-0.25, -0.2) is 0 Å². The van der Waals surface area contributed by atoms with Crippen molar-refractivity contribution in [1.82, 2.24) is 4.90 Å². The van der Waals surface area contributed by atoms with Gasteiger partial charge in [-0.2, -0.15) is 0 Å². The lowest BCUT2D eigenvalue weighted by molar-refractivity contribution is 0.182. The molecule has 0 aromatic rings. The molecule has 0 bridgehead atoms. The summed E-state index contributed by atoms with van der Waals surface area (Å²) in [7, 11) is 2.26. The molecule has 2 N–H and O–H groups in total. The highest BCUT2D eigenvalue weighted by Gasteiger charge is 2.24. The minimum Gasteiger partial charge on any atom is -0.327 e. The van der Waals surface area contributed by atoms with Crippen LogP contribution < -0.4 is 5.73 Å². The van der Waals surface area contributed by atoms with Gasteiger partial charge in [0.15, 0.2) is 0 Å². The lowest BCUT2D eigenvalue weighted by atomic mass is 9.97. The Kier molecular flexibility index (Phi) is 5.77. The van der Waals surface area contributed by atoms with E-state index in [4.69, 9.17) is 5.73 Å². The van der Waals surface area contributed by atoms with E-state index in [2.05, 4.69) is 32.7 Å². The van der Waals surface area contributed by atoms with Crippen molar-refractivity contribution in [1.29, 1.82) is 0 Å². The van der Waals surface area contributed by atoms with Crippen LogP contribution in [-0.2, 0) is 0 Å². The fourth-order valence-corrected chi connectivity index (χ4v) is 2.69. The second-order valence-corrected chi connectivity index (χ2v) is 5.96. The summed E-state index contributed by atoms with van der Waals surface area (Å²) in [5, 5.41) is 0. The SMILES string of the molecule is CC(C)C(N)CCN(C)C(C)C1CCCC1. The standard InChI is InChI=1S/C14H30N2/c1-11(2)14(15)9-10-16(4)12(3)13-7-5-6-8-13/h11-14H,5-10,15H2,1-4H3. The summed E-state index contributed by atoms with van der Waals surface area (Å²) >= 11 is 0. The van der Waals surface area contributed by atoms with E-state index in [0.29, 0.717) is 12.0 Å². The lowest BCUT2D eigenvalue weighted by Crippen LogP contribution is -2.38. The molecule has 0 radical (unpaired) electrons. The fourth-order valence-electron chi connectivity index (χ4n) is 2.69. The average molecular weight is 226 g/mol. The van der Waals surface area contributed by atoms with Gasteiger partial charge in [-0.3, -0.25) is 0 Å². The maximum absolute atomic E-state index is 6.09. The van der Waals surface area contributed by atoms with Gasteiger partial charge >= 0.3 is 0 Å². The molecule has 2 atom stereocenters. The molecule has 0 saturated heterocycles. The Morgan fingerprint density at radius 2 is 1.75 bits per heavy atom. The molecular weight excluding hydrogens is 196 g/mol. The topological polar surface area (TPSA) is 29.3 Å². The van der Waals surface area contributed by atoms with E-state index >= 15 is 0 Å². The molecule has 2 nitrogen and oxygen atoms in total. The second kappa shape index (κ2) is 6.61. The van der Waals surface area contributed by atoms with Crippen molar-refractivity contribution in [2.24, 2.45) is 17.6 Å². The van der Waals surface area contributed by atoms with Crippen LogP contribution in [0.1, 0.15) is 52.9 Å². The van der Waals surface area contributed by atoms with Gasteiger partial charge in [0.2, 0.25) is 0 Å². The Bertz CT molecular complexity index is 185. The average Bonchev–Trinajstić information content (AvgIpc) is 2.77. The van der Waals surface area contributed by atoms with E-state index in [0.717, 1.165) is 24.9 Å². The Balaban J connectivity index is 2.25. The summed E-state index contributed by atoms with van der Waals surface area (Å²) in [6, 6.07) is 1.10. The molecule has 0 heterocycles. The van der Waals surface area contributed by atoms with Crippen LogP contribution in [0.5, 0.6) is 0 Å². The monoisotopic (exact) mass is 226 g/mol. The molecule has 0 aromatic carbocycles. The Morgan fingerprint density at radius 1 is 1.19 bits per heavy atom. The van der Waals surface area contributed by atoms with Crippen LogP contribution in [0, 0.1) is 11.8 Å². The summed E-state index contributed by atoms with van der Waals surface area (Å²) in [6.45, 7) is 7.96. The van der Waals surface area contributed by atoms with Crippen LogP contribution in [0.2, 0.25) is 0 Å². The Labute approximate surface area is 102 Å². The molecule has 1 rings (SSSR count). The number of nitrogens with two attached hydrogens (primary N) is 1. The first-order valence-corrected chi connectivity index (χ1v) is 6.98. The third-order valence-electron chi connectivity index (χ3n) is 4.45. The molecule has 0 spiro atoms. The van der Waals surface area contributed by atoms with Gasteiger partial charge in [0, 0.05) is 12.1 Å². The van der Waals surface area contributed by atoms with Gasteiger partial charge in [0.25, 0.3) is 0 Å². The third-order valence-corrected chi connectivity index (χ3v) is 4.45. The molecule has 0 aliphatic heterocycles. The number of rotatable bonds is 6. The summed E-state index contributed by atoms with van der Waals surface area (Å²) in [4.78, 5) is 2.51. The smallest absolute Gasteiger partial charge is 0.00921 e. The summed E-state index contributed by atoms with van der Waals surface area (Å²) in [6.07, 6.45) is 6.87. The van der Waals surface area contributed by atoms with Crippen molar-refractivity contribution >= 4 is 0 Å². The van der Waals surface area contributed by atoms with Crippen molar-refractivity contribution < 1.29 is 0 Å². The van der Waals surface area contributed by atoms with Crippen molar-refractivity contribution in [3.63, 3.8) is 0 Å². The summed E-state index contributed by atoms with van der Waals surface area (Å²) < 4.78 is 0. The maximum Gasteiger partial charge on any atom is 0.00921 e. The van der Waals surface area contributed by atoms with Crippen LogP contribution in [0.25, 0.3) is 0 Å². The normalized spacial score (nSPS) is 21.9. The highest BCUT2D eigenvalue weighted by atomic mass is 15.1. The predicted molar refractivity (Wildman–Crippen MR) is 71.5 cm³/mol. The van der Waals surface area contributed by atoms with Crippen molar-refractivity contribution in [2.75, 3.05) is 13.6 Å². The van der Waals surface area contributed by atoms with Crippen LogP contribution in [0.4, 0.5) is 0 Å². The highest BCUT2D eigenvalue weighted by molar-refractivity contribution is 4.79. The van der Waals surface area contributed by atoms with E-state index in [1.165, 1.54) is 25.7 Å². The predicted octanol–water partition coefficient (Wildman–Crippen LogP) is 2.87. The molecule has 0 amide bonds. The van der Waals surface area contributed by atoms with Crippen LogP contribution in [0.15, 0.2) is 0 Å². The van der Waals surface area contributed by atoms with Gasteiger partial charge in [-0.15, -0.1) is 0 Å². The van der Waals surface area contributed by atoms with E-state index in [-0.39, 0.29) is 0 Å². The first-order chi connectivity index (χ1) is 7.52. The van der Waals surface area contributed by atoms with E-state index in [1.54, 1.807) is 0 Å². The van der Waals surface area contributed by atoms with Gasteiger partial charge in [0.1, 0.15) is 0 Å². The molecule has 1 saturated carbocycles. The van der Waals surface area contributed by atoms with Crippen LogP contribution in [0.3, 0.4) is 0 Å². The molecule has 16 heavy (non-hydrogen) atoms. The largest absolute Gasteiger partial charge is 0.327 e. The van der Waals surface area contributed by atoms with Gasteiger partial charge in [0.05, 0.1) is 0 Å². The summed E-state index contributed by atoms with van der Waals surface area (Å²) in [5.74, 6) is 1.54. The second-order valence-electron chi connectivity index (χ2n) is 5.96. The van der Waals surface area contributed by atoms with Crippen LogP contribution >= 0.6 is 0 Å². The van der Waals surface area contributed by atoms with E-state index in [1.807, 2.05) is 0 Å². The van der Waals surface area contributed by atoms with Gasteiger partial charge < -0.3 is 10.6 Å². The van der Waals surface area contributed by atoms with Crippen molar-refractivity contribution in [3.05, 3.63) is 0 Å². The minimum absolute atomic E-state index is 0.359. The Morgan fingerprint density at radius 3 is 2.25 bits per heavy atom. The minimum atomic E-state index is 0.359. The summed E-state index contributed by atoms with van der Waals surface area (Å²) in [5.41, 5.74) is 6.09. The first kappa shape index (κ1) is 14.0. The zero-order chi connectivity index (χ0) is 12.1. The molecule has 1 fully saturated rings. The number of nitrogens with zero attached hydrogens (tertiary/aromatic N) is 1. The zero-order valence-electron chi connectivity index (χ0n) is 11.6. The van der Waals surface area contributed by atoms with E-state index in [9.17, 15) is 0 Å². The molecule has 1 aliphatic carbocycles. The first-order valence-electron chi connectivity index (χ1n) is 6.98. The van der Waals surface area contributed by atoms with Gasteiger partial charge in [-0.1, -0.05) is 26.7 Å². The van der Waals surface area contributed by atoms with Gasteiger partial charge in [-0.05, 0) is 51.6 Å². The van der Waals surface area contributed by atoms with Crippen molar-refractivity contribution in [2.45, 2.75) is 65.0 Å². The third kappa shape index (κ3) is 4.06. The molecule has 2 heteroatoms. The molecule has 0 aromatic heterocycles. The number of hydrogen-bond donors (Lipinski definition) is 1. The van der Waals surface area contributed by atoms with E-state index < -0.39 is 0 Å². The molecule has 2 unspecified atom stereocenters. The highest BCUT2D eigenvalue weighted by Crippen LogP contribution is 2.29. The zero-order valence-corrected chi connectivity index (χ0v) is 11.6. The fraction of sp³-hybridized carbons (Fsp3) is 1.00. The number of hydrogen-bond acceptors (Lipinski definition) is 2. The molecule has 96 valence electrons. The quantitative estimate of drug-likeness (QED) is 0.754.